The summed E-state index contributed by atoms with van der Waals surface area (Å²) in [5.41, 5.74) is 1.58. The Hall–Kier alpha value is -1.62. The molecule has 1 aliphatic carbocycles. The molecule has 0 aromatic carbocycles. The molecule has 1 saturated heterocycles. The van der Waals surface area contributed by atoms with Crippen LogP contribution in [0.25, 0.3) is 0 Å². The van der Waals surface area contributed by atoms with Crippen LogP contribution in [0.1, 0.15) is 42.6 Å². The second-order valence-corrected chi connectivity index (χ2v) is 6.51. The van der Waals surface area contributed by atoms with E-state index in [4.69, 9.17) is 0 Å². The molecule has 2 fully saturated rings. The summed E-state index contributed by atoms with van der Waals surface area (Å²) < 4.78 is 0. The molecule has 0 spiro atoms. The highest BCUT2D eigenvalue weighted by Crippen LogP contribution is 2.21. The lowest BCUT2D eigenvalue weighted by Gasteiger charge is -2.32. The van der Waals surface area contributed by atoms with E-state index in [2.05, 4.69) is 22.2 Å². The molecule has 1 aliphatic heterocycles. The Morgan fingerprint density at radius 2 is 1.86 bits per heavy atom. The van der Waals surface area contributed by atoms with Gasteiger partial charge in [0.15, 0.2) is 0 Å². The van der Waals surface area contributed by atoms with Crippen molar-refractivity contribution in [3.8, 4) is 0 Å². The van der Waals surface area contributed by atoms with E-state index < -0.39 is 0 Å². The first kappa shape index (κ1) is 15.3. The molecule has 1 aromatic heterocycles. The number of pyridine rings is 1. The first-order valence-corrected chi connectivity index (χ1v) is 8.43. The molecular formula is C17H26N4O. The number of amides is 1. The van der Waals surface area contributed by atoms with Gasteiger partial charge in [0, 0.05) is 32.2 Å². The summed E-state index contributed by atoms with van der Waals surface area (Å²) in [5.74, 6) is 0.0531. The molecule has 0 atom stereocenters. The molecule has 2 aliphatic rings. The summed E-state index contributed by atoms with van der Waals surface area (Å²) in [6.07, 6.45) is 8.26. The summed E-state index contributed by atoms with van der Waals surface area (Å²) in [6, 6.07) is 4.41. The highest BCUT2D eigenvalue weighted by molar-refractivity contribution is 5.92. The molecule has 0 unspecified atom stereocenters. The van der Waals surface area contributed by atoms with Crippen LogP contribution in [0.5, 0.6) is 0 Å². The number of carbonyl (C=O) groups is 1. The van der Waals surface area contributed by atoms with Crippen molar-refractivity contribution in [3.05, 3.63) is 24.0 Å². The lowest BCUT2D eigenvalue weighted by Crippen LogP contribution is -2.47. The van der Waals surface area contributed by atoms with Crippen LogP contribution in [-0.4, -0.2) is 60.0 Å². The van der Waals surface area contributed by atoms with E-state index in [1.165, 1.54) is 32.1 Å². The standard InChI is InChI=1S/C17H26N4O/c1-20-9-11-21(12-10-20)17(22)16-8-7-15(13-18-16)19-14-5-3-2-4-6-14/h7-8,13-14,19H,2-6,9-12H2,1H3. The molecule has 0 radical (unpaired) electrons. The minimum absolute atomic E-state index is 0.0531. The molecular weight excluding hydrogens is 276 g/mol. The fourth-order valence-electron chi connectivity index (χ4n) is 3.26. The van der Waals surface area contributed by atoms with E-state index in [1.54, 1.807) is 6.20 Å². The number of nitrogens with zero attached hydrogens (tertiary/aromatic N) is 3. The van der Waals surface area contributed by atoms with Gasteiger partial charge in [-0.25, -0.2) is 4.98 Å². The van der Waals surface area contributed by atoms with Gasteiger partial charge in [0.2, 0.25) is 0 Å². The quantitative estimate of drug-likeness (QED) is 0.930. The molecule has 1 amide bonds. The summed E-state index contributed by atoms with van der Waals surface area (Å²) in [5, 5.41) is 3.54. The van der Waals surface area contributed by atoms with Crippen LogP contribution in [0, 0.1) is 0 Å². The van der Waals surface area contributed by atoms with Gasteiger partial charge in [0.05, 0.1) is 11.9 Å². The monoisotopic (exact) mass is 302 g/mol. The van der Waals surface area contributed by atoms with Crippen LogP contribution in [0.3, 0.4) is 0 Å². The number of likely N-dealkylation sites (N-methyl/N-ethyl adjacent to an activating group) is 1. The topological polar surface area (TPSA) is 48.5 Å². The third kappa shape index (κ3) is 3.77. The van der Waals surface area contributed by atoms with Crippen LogP contribution in [0.4, 0.5) is 5.69 Å². The molecule has 0 bridgehead atoms. The van der Waals surface area contributed by atoms with Crippen molar-refractivity contribution in [2.45, 2.75) is 38.1 Å². The lowest BCUT2D eigenvalue weighted by atomic mass is 9.95. The minimum Gasteiger partial charge on any atom is -0.381 e. The average molecular weight is 302 g/mol. The van der Waals surface area contributed by atoms with E-state index in [0.717, 1.165) is 31.9 Å². The number of hydrogen-bond donors (Lipinski definition) is 1. The normalized spacial score (nSPS) is 20.9. The third-order valence-corrected chi connectivity index (χ3v) is 4.75. The van der Waals surface area contributed by atoms with E-state index >= 15 is 0 Å². The lowest BCUT2D eigenvalue weighted by molar-refractivity contribution is 0.0658. The second-order valence-electron chi connectivity index (χ2n) is 6.51. The maximum absolute atomic E-state index is 12.4. The van der Waals surface area contributed by atoms with Crippen molar-refractivity contribution in [1.82, 2.24) is 14.8 Å². The zero-order valence-corrected chi connectivity index (χ0v) is 13.4. The largest absolute Gasteiger partial charge is 0.381 e. The average Bonchev–Trinajstić information content (AvgIpc) is 2.57. The maximum atomic E-state index is 12.4. The summed E-state index contributed by atoms with van der Waals surface area (Å²) in [7, 11) is 2.09. The van der Waals surface area contributed by atoms with Gasteiger partial charge in [0.25, 0.3) is 5.91 Å². The van der Waals surface area contributed by atoms with Gasteiger partial charge < -0.3 is 15.1 Å². The Kier molecular flexibility index (Phi) is 4.93. The highest BCUT2D eigenvalue weighted by atomic mass is 16.2. The van der Waals surface area contributed by atoms with Crippen molar-refractivity contribution < 1.29 is 4.79 Å². The second kappa shape index (κ2) is 7.09. The molecule has 120 valence electrons. The van der Waals surface area contributed by atoms with Crippen molar-refractivity contribution in [3.63, 3.8) is 0 Å². The number of rotatable bonds is 3. The fraction of sp³-hybridized carbons (Fsp3) is 0.647. The first-order chi connectivity index (χ1) is 10.7. The molecule has 5 heteroatoms. The SMILES string of the molecule is CN1CCN(C(=O)c2ccc(NC3CCCCC3)cn2)CC1. The molecule has 2 heterocycles. The summed E-state index contributed by atoms with van der Waals surface area (Å²) in [4.78, 5) is 20.9. The van der Waals surface area contributed by atoms with Crippen LogP contribution in [-0.2, 0) is 0 Å². The number of piperazine rings is 1. The van der Waals surface area contributed by atoms with Crippen LogP contribution < -0.4 is 5.32 Å². The van der Waals surface area contributed by atoms with Crippen molar-refractivity contribution in [1.29, 1.82) is 0 Å². The smallest absolute Gasteiger partial charge is 0.272 e. The predicted octanol–water partition coefficient (Wildman–Crippen LogP) is 2.21. The van der Waals surface area contributed by atoms with Gasteiger partial charge in [-0.3, -0.25) is 4.79 Å². The zero-order chi connectivity index (χ0) is 15.4. The van der Waals surface area contributed by atoms with Crippen LogP contribution in [0.2, 0.25) is 0 Å². The fourth-order valence-corrected chi connectivity index (χ4v) is 3.26. The molecule has 1 aromatic rings. The van der Waals surface area contributed by atoms with Gasteiger partial charge in [-0.2, -0.15) is 0 Å². The van der Waals surface area contributed by atoms with E-state index in [-0.39, 0.29) is 5.91 Å². The predicted molar refractivity (Wildman–Crippen MR) is 88.1 cm³/mol. The van der Waals surface area contributed by atoms with E-state index in [1.807, 2.05) is 17.0 Å². The van der Waals surface area contributed by atoms with Crippen molar-refractivity contribution >= 4 is 11.6 Å². The number of anilines is 1. The Bertz CT molecular complexity index is 488. The Morgan fingerprint density at radius 3 is 2.50 bits per heavy atom. The van der Waals surface area contributed by atoms with E-state index in [0.29, 0.717) is 11.7 Å². The van der Waals surface area contributed by atoms with Crippen LogP contribution >= 0.6 is 0 Å². The first-order valence-electron chi connectivity index (χ1n) is 8.43. The summed E-state index contributed by atoms with van der Waals surface area (Å²) >= 11 is 0. The van der Waals surface area contributed by atoms with Gasteiger partial charge >= 0.3 is 0 Å². The Morgan fingerprint density at radius 1 is 1.14 bits per heavy atom. The molecule has 22 heavy (non-hydrogen) atoms. The molecule has 3 rings (SSSR count). The number of aromatic nitrogens is 1. The minimum atomic E-state index is 0.0531. The number of carbonyl (C=O) groups excluding carboxylic acids is 1. The van der Waals surface area contributed by atoms with Crippen molar-refractivity contribution in [2.24, 2.45) is 0 Å². The molecule has 1 N–H and O–H groups in total. The Labute approximate surface area is 132 Å². The third-order valence-electron chi connectivity index (χ3n) is 4.75. The zero-order valence-electron chi connectivity index (χ0n) is 13.4. The van der Waals surface area contributed by atoms with Gasteiger partial charge in [-0.1, -0.05) is 19.3 Å². The van der Waals surface area contributed by atoms with Crippen molar-refractivity contribution in [2.75, 3.05) is 38.5 Å². The number of nitrogens with one attached hydrogen (secondary N) is 1. The molecule has 5 nitrogen and oxygen atoms in total. The molecule has 1 saturated carbocycles. The highest BCUT2D eigenvalue weighted by Gasteiger charge is 2.21. The van der Waals surface area contributed by atoms with Gasteiger partial charge in [0.1, 0.15) is 5.69 Å². The van der Waals surface area contributed by atoms with E-state index in [9.17, 15) is 4.79 Å². The van der Waals surface area contributed by atoms with Gasteiger partial charge in [-0.05, 0) is 32.0 Å². The number of hydrogen-bond acceptors (Lipinski definition) is 4. The maximum Gasteiger partial charge on any atom is 0.272 e. The van der Waals surface area contributed by atoms with Crippen LogP contribution in [0.15, 0.2) is 18.3 Å². The Balaban J connectivity index is 1.57. The van der Waals surface area contributed by atoms with Gasteiger partial charge in [-0.15, -0.1) is 0 Å². The summed E-state index contributed by atoms with van der Waals surface area (Å²) in [6.45, 7) is 3.46.